The summed E-state index contributed by atoms with van der Waals surface area (Å²) in [4.78, 5) is 35.0. The zero-order chi connectivity index (χ0) is 18.4. The first-order valence-corrected chi connectivity index (χ1v) is 8.89. The fraction of sp³-hybridized carbons (Fsp3) is 0.381. The van der Waals surface area contributed by atoms with Crippen LogP contribution < -0.4 is 0 Å². The predicted molar refractivity (Wildman–Crippen MR) is 95.0 cm³/mol. The molecule has 2 heterocycles. The fourth-order valence-electron chi connectivity index (χ4n) is 4.13. The maximum absolute atomic E-state index is 12.5. The Kier molecular flexibility index (Phi) is 5.59. The standard InChI is InChI=1S/C20H22N2O.CO2/c23-19(13-18-7-3-4-10-21-18)22-11-8-20(9-12-22)14-16-5-1-2-6-17(16)15-20;2-1-3/h1-7,10H,8-9,11-15H2;. The van der Waals surface area contributed by atoms with Crippen LogP contribution in [0.1, 0.15) is 29.7 Å². The van der Waals surface area contributed by atoms with Crippen LogP contribution in [0.4, 0.5) is 0 Å². The number of hydrogen-bond acceptors (Lipinski definition) is 4. The van der Waals surface area contributed by atoms with Gasteiger partial charge in [-0.1, -0.05) is 30.3 Å². The lowest BCUT2D eigenvalue weighted by Gasteiger charge is -2.39. The predicted octanol–water partition coefficient (Wildman–Crippen LogP) is 2.45. The first-order chi connectivity index (χ1) is 12.7. The second-order valence-corrected chi connectivity index (χ2v) is 7.08. The topological polar surface area (TPSA) is 67.3 Å². The largest absolute Gasteiger partial charge is 0.373 e. The minimum atomic E-state index is 0.217. The van der Waals surface area contributed by atoms with Crippen molar-refractivity contribution >= 4 is 12.1 Å². The lowest BCUT2D eigenvalue weighted by atomic mass is 9.76. The molecule has 1 saturated heterocycles. The molecule has 26 heavy (non-hydrogen) atoms. The van der Waals surface area contributed by atoms with Crippen molar-refractivity contribution in [1.29, 1.82) is 0 Å². The Bertz CT molecular complexity index is 763. The molecule has 0 saturated carbocycles. The van der Waals surface area contributed by atoms with Crippen LogP contribution in [0.15, 0.2) is 48.7 Å². The molecule has 134 valence electrons. The molecule has 0 N–H and O–H groups in total. The average molecular weight is 350 g/mol. The van der Waals surface area contributed by atoms with Gasteiger partial charge in [0.15, 0.2) is 0 Å². The third-order valence-electron chi connectivity index (χ3n) is 5.48. The van der Waals surface area contributed by atoms with Crippen LogP contribution in [0.25, 0.3) is 0 Å². The number of aromatic nitrogens is 1. The Balaban J connectivity index is 0.000000613. The highest BCUT2D eigenvalue weighted by atomic mass is 16.2. The highest BCUT2D eigenvalue weighted by molar-refractivity contribution is 5.78. The minimum Gasteiger partial charge on any atom is -0.342 e. The van der Waals surface area contributed by atoms with E-state index in [0.29, 0.717) is 11.8 Å². The van der Waals surface area contributed by atoms with Crippen LogP contribution in [0.5, 0.6) is 0 Å². The van der Waals surface area contributed by atoms with Gasteiger partial charge in [-0.25, -0.2) is 0 Å². The number of hydrogen-bond donors (Lipinski definition) is 0. The summed E-state index contributed by atoms with van der Waals surface area (Å²) in [6.07, 6.45) is 7.04. The molecule has 2 aromatic rings. The highest BCUT2D eigenvalue weighted by Gasteiger charge is 2.40. The Hall–Kier alpha value is -2.78. The molecule has 5 heteroatoms. The van der Waals surface area contributed by atoms with E-state index in [9.17, 15) is 4.79 Å². The van der Waals surface area contributed by atoms with Crippen molar-refractivity contribution in [2.75, 3.05) is 13.1 Å². The number of nitrogens with zero attached hydrogens (tertiary/aromatic N) is 2. The molecule has 0 radical (unpaired) electrons. The van der Waals surface area contributed by atoms with Crippen LogP contribution in [0.2, 0.25) is 0 Å². The van der Waals surface area contributed by atoms with Gasteiger partial charge in [0.2, 0.25) is 5.91 Å². The maximum atomic E-state index is 12.5. The molecular formula is C21H22N2O3. The molecule has 2 aliphatic rings. The van der Waals surface area contributed by atoms with Gasteiger partial charge in [0, 0.05) is 25.0 Å². The van der Waals surface area contributed by atoms with Gasteiger partial charge in [0.05, 0.1) is 6.42 Å². The van der Waals surface area contributed by atoms with Gasteiger partial charge in [-0.2, -0.15) is 9.59 Å². The molecule has 1 amide bonds. The Morgan fingerprint density at radius 1 is 1.00 bits per heavy atom. The van der Waals surface area contributed by atoms with Crippen LogP contribution in [0, 0.1) is 5.41 Å². The third-order valence-corrected chi connectivity index (χ3v) is 5.48. The number of pyridine rings is 1. The summed E-state index contributed by atoms with van der Waals surface area (Å²) >= 11 is 0. The molecule has 1 spiro atoms. The van der Waals surface area contributed by atoms with E-state index in [1.165, 1.54) is 24.0 Å². The quantitative estimate of drug-likeness (QED) is 0.834. The normalized spacial score (nSPS) is 17.0. The zero-order valence-corrected chi connectivity index (χ0v) is 14.7. The summed E-state index contributed by atoms with van der Waals surface area (Å²) in [6, 6.07) is 14.6. The first-order valence-electron chi connectivity index (χ1n) is 8.89. The number of fused-ring (bicyclic) bond motifs is 1. The van der Waals surface area contributed by atoms with Gasteiger partial charge >= 0.3 is 6.15 Å². The lowest BCUT2D eigenvalue weighted by Crippen LogP contribution is -2.44. The van der Waals surface area contributed by atoms with Crippen LogP contribution in [-0.4, -0.2) is 35.0 Å². The van der Waals surface area contributed by atoms with Crippen LogP contribution in [0.3, 0.4) is 0 Å². The van der Waals surface area contributed by atoms with E-state index < -0.39 is 0 Å². The van der Waals surface area contributed by atoms with E-state index in [2.05, 4.69) is 29.2 Å². The van der Waals surface area contributed by atoms with Gasteiger partial charge in [-0.15, -0.1) is 0 Å². The van der Waals surface area contributed by atoms with E-state index in [0.717, 1.165) is 31.6 Å². The summed E-state index contributed by atoms with van der Waals surface area (Å²) in [5.41, 5.74) is 4.29. The van der Waals surface area contributed by atoms with Gasteiger partial charge in [0.25, 0.3) is 0 Å². The highest BCUT2D eigenvalue weighted by Crippen LogP contribution is 2.44. The van der Waals surface area contributed by atoms with Gasteiger partial charge < -0.3 is 4.90 Å². The van der Waals surface area contributed by atoms with E-state index in [4.69, 9.17) is 9.59 Å². The molecule has 1 aromatic heterocycles. The van der Waals surface area contributed by atoms with Crippen molar-refractivity contribution in [3.63, 3.8) is 0 Å². The summed E-state index contributed by atoms with van der Waals surface area (Å²) in [5.74, 6) is 0.217. The lowest BCUT2D eigenvalue weighted by molar-refractivity contribution is -0.191. The van der Waals surface area contributed by atoms with Gasteiger partial charge in [-0.05, 0) is 54.4 Å². The van der Waals surface area contributed by atoms with Gasteiger partial charge in [-0.3, -0.25) is 9.78 Å². The summed E-state index contributed by atoms with van der Waals surface area (Å²) in [7, 11) is 0. The van der Waals surface area contributed by atoms with Crippen molar-refractivity contribution in [3.8, 4) is 0 Å². The molecule has 4 rings (SSSR count). The van der Waals surface area contributed by atoms with Crippen molar-refractivity contribution in [2.24, 2.45) is 5.41 Å². The Morgan fingerprint density at radius 2 is 1.58 bits per heavy atom. The number of amides is 1. The van der Waals surface area contributed by atoms with Crippen molar-refractivity contribution in [2.45, 2.75) is 32.1 Å². The number of benzene rings is 1. The van der Waals surface area contributed by atoms with Crippen molar-refractivity contribution < 1.29 is 14.4 Å². The van der Waals surface area contributed by atoms with E-state index in [1.807, 2.05) is 23.1 Å². The molecule has 1 aliphatic carbocycles. The molecule has 1 fully saturated rings. The van der Waals surface area contributed by atoms with E-state index in [-0.39, 0.29) is 12.1 Å². The van der Waals surface area contributed by atoms with E-state index >= 15 is 0 Å². The number of piperidine rings is 1. The second-order valence-electron chi connectivity index (χ2n) is 7.08. The van der Waals surface area contributed by atoms with Crippen molar-refractivity contribution in [3.05, 3.63) is 65.5 Å². The minimum absolute atomic E-state index is 0.217. The number of rotatable bonds is 2. The Morgan fingerprint density at radius 3 is 2.12 bits per heavy atom. The molecule has 5 nitrogen and oxygen atoms in total. The monoisotopic (exact) mass is 350 g/mol. The Labute approximate surface area is 153 Å². The molecule has 1 aromatic carbocycles. The summed E-state index contributed by atoms with van der Waals surface area (Å²) in [5, 5.41) is 0. The summed E-state index contributed by atoms with van der Waals surface area (Å²) in [6.45, 7) is 1.78. The maximum Gasteiger partial charge on any atom is 0.373 e. The van der Waals surface area contributed by atoms with E-state index in [1.54, 1.807) is 6.20 Å². The van der Waals surface area contributed by atoms with Gasteiger partial charge in [0.1, 0.15) is 0 Å². The molecular weight excluding hydrogens is 328 g/mol. The molecule has 0 atom stereocenters. The summed E-state index contributed by atoms with van der Waals surface area (Å²) < 4.78 is 0. The molecule has 0 unspecified atom stereocenters. The fourth-order valence-corrected chi connectivity index (χ4v) is 4.13. The van der Waals surface area contributed by atoms with Crippen molar-refractivity contribution in [1.82, 2.24) is 9.88 Å². The average Bonchev–Trinajstić information content (AvgIpc) is 3.01. The smallest absolute Gasteiger partial charge is 0.342 e. The zero-order valence-electron chi connectivity index (χ0n) is 14.7. The van der Waals surface area contributed by atoms with Crippen LogP contribution >= 0.6 is 0 Å². The second kappa shape index (κ2) is 8.07. The number of carbonyl (C=O) groups is 1. The number of carbonyl (C=O) groups excluding carboxylic acids is 3. The first kappa shape index (κ1) is 18.0. The van der Waals surface area contributed by atoms with Crippen LogP contribution in [-0.2, 0) is 33.6 Å². The number of likely N-dealkylation sites (tertiary alicyclic amines) is 1. The molecule has 0 bridgehead atoms. The molecule has 1 aliphatic heterocycles. The SMILES string of the molecule is O=C(Cc1ccccn1)N1CCC2(CC1)Cc1ccccc1C2.O=C=O. The third kappa shape index (κ3) is 4.06.